The molecule has 0 N–H and O–H groups in total. The first-order valence-electron chi connectivity index (χ1n) is 2.47. The molecule has 1 aromatic carbocycles. The van der Waals surface area contributed by atoms with Gasteiger partial charge in [-0.25, -0.2) is 0 Å². The number of hydrogen-bond donors (Lipinski definition) is 0. The fourth-order valence-corrected chi connectivity index (χ4v) is 1.59. The highest BCUT2D eigenvalue weighted by Gasteiger charge is 1.97. The van der Waals surface area contributed by atoms with E-state index in [2.05, 4.69) is 15.9 Å². The van der Waals surface area contributed by atoms with Gasteiger partial charge in [-0.05, 0) is 55.8 Å². The second-order valence-corrected chi connectivity index (χ2v) is 4.00. The Hall–Kier alpha value is 0.630. The highest BCUT2D eigenvalue weighted by molar-refractivity contribution is 9.10. The third kappa shape index (κ3) is 2.06. The first-order chi connectivity index (χ1) is 4.74. The topological polar surface area (TPSA) is 0 Å². The highest BCUT2D eigenvalue weighted by atomic mass is 79.9. The van der Waals surface area contributed by atoms with E-state index in [9.17, 15) is 0 Å². The average molecular weight is 258 g/mol. The van der Waals surface area contributed by atoms with Crippen LogP contribution in [0.15, 0.2) is 27.6 Å². The summed E-state index contributed by atoms with van der Waals surface area (Å²) in [5, 5.41) is 0.686. The minimum Gasteiger partial charge on any atom is -0.0831 e. The molecular formula is C6H3BrCl2S. The quantitative estimate of drug-likeness (QED) is 0.721. The molecule has 10 heavy (non-hydrogen) atoms. The van der Waals surface area contributed by atoms with Gasteiger partial charge in [0, 0.05) is 9.37 Å². The van der Waals surface area contributed by atoms with E-state index in [0.29, 0.717) is 5.02 Å². The number of rotatable bonds is 1. The number of halogens is 3. The van der Waals surface area contributed by atoms with Gasteiger partial charge in [-0.15, -0.1) is 0 Å². The summed E-state index contributed by atoms with van der Waals surface area (Å²) in [6, 6.07) is 5.57. The van der Waals surface area contributed by atoms with Gasteiger partial charge in [0.25, 0.3) is 0 Å². The van der Waals surface area contributed by atoms with Crippen molar-refractivity contribution in [3.05, 3.63) is 27.7 Å². The lowest BCUT2D eigenvalue weighted by molar-refractivity contribution is 1.45. The molecule has 1 rings (SSSR count). The van der Waals surface area contributed by atoms with Crippen LogP contribution in [0, 0.1) is 0 Å². The van der Waals surface area contributed by atoms with E-state index in [1.807, 2.05) is 18.2 Å². The molecule has 1 aromatic rings. The summed E-state index contributed by atoms with van der Waals surface area (Å²) < 4.78 is 0.892. The summed E-state index contributed by atoms with van der Waals surface area (Å²) in [6.07, 6.45) is 0. The van der Waals surface area contributed by atoms with Crippen molar-refractivity contribution in [1.29, 1.82) is 0 Å². The van der Waals surface area contributed by atoms with Crippen molar-refractivity contribution < 1.29 is 0 Å². The maximum absolute atomic E-state index is 5.77. The molecule has 0 saturated heterocycles. The minimum absolute atomic E-state index is 0.686. The zero-order valence-electron chi connectivity index (χ0n) is 4.77. The zero-order chi connectivity index (χ0) is 7.56. The van der Waals surface area contributed by atoms with Gasteiger partial charge in [-0.3, -0.25) is 0 Å². The Morgan fingerprint density at radius 3 is 2.60 bits per heavy atom. The van der Waals surface area contributed by atoms with E-state index < -0.39 is 0 Å². The predicted molar refractivity (Wildman–Crippen MR) is 50.9 cm³/mol. The van der Waals surface area contributed by atoms with Crippen LogP contribution < -0.4 is 0 Å². The minimum atomic E-state index is 0.686. The van der Waals surface area contributed by atoms with Crippen LogP contribution in [0.25, 0.3) is 0 Å². The summed E-state index contributed by atoms with van der Waals surface area (Å²) in [6.45, 7) is 0. The molecule has 0 aromatic heterocycles. The largest absolute Gasteiger partial charge is 0.0831 e. The first-order valence-corrected chi connectivity index (χ1v) is 5.29. The van der Waals surface area contributed by atoms with Crippen LogP contribution in [-0.2, 0) is 0 Å². The van der Waals surface area contributed by atoms with Gasteiger partial charge in [0.05, 0.1) is 5.02 Å². The second-order valence-electron chi connectivity index (χ2n) is 1.65. The van der Waals surface area contributed by atoms with Crippen LogP contribution in [0.4, 0.5) is 0 Å². The Balaban J connectivity index is 3.04. The van der Waals surface area contributed by atoms with Crippen molar-refractivity contribution >= 4 is 49.2 Å². The summed E-state index contributed by atoms with van der Waals surface area (Å²) in [4.78, 5) is 0.954. The van der Waals surface area contributed by atoms with Crippen LogP contribution in [0.2, 0.25) is 5.02 Å². The average Bonchev–Trinajstić information content (AvgIpc) is 1.95. The molecule has 0 nitrogen and oxygen atoms in total. The highest BCUT2D eigenvalue weighted by Crippen LogP contribution is 2.29. The number of benzene rings is 1. The van der Waals surface area contributed by atoms with Crippen LogP contribution in [0.1, 0.15) is 0 Å². The molecule has 54 valence electrons. The molecule has 0 spiro atoms. The van der Waals surface area contributed by atoms with Crippen LogP contribution in [0.5, 0.6) is 0 Å². The second kappa shape index (κ2) is 3.86. The summed E-state index contributed by atoms with van der Waals surface area (Å²) >= 11 is 9.05. The maximum Gasteiger partial charge on any atom is 0.0559 e. The summed E-state index contributed by atoms with van der Waals surface area (Å²) in [5.74, 6) is 0. The van der Waals surface area contributed by atoms with Crippen molar-refractivity contribution in [3.63, 3.8) is 0 Å². The lowest BCUT2D eigenvalue weighted by Crippen LogP contribution is -1.69. The van der Waals surface area contributed by atoms with Crippen LogP contribution >= 0.6 is 49.2 Å². The lowest BCUT2D eigenvalue weighted by Gasteiger charge is -1.96. The molecule has 0 aliphatic carbocycles. The molecule has 0 heterocycles. The van der Waals surface area contributed by atoms with Gasteiger partial charge in [0.15, 0.2) is 0 Å². The molecular weight excluding hydrogens is 255 g/mol. The van der Waals surface area contributed by atoms with Gasteiger partial charge in [-0.1, -0.05) is 11.6 Å². The fourth-order valence-electron chi connectivity index (χ4n) is 0.525. The molecule has 0 saturated carbocycles. The van der Waals surface area contributed by atoms with E-state index in [1.54, 1.807) is 0 Å². The van der Waals surface area contributed by atoms with E-state index in [4.69, 9.17) is 22.3 Å². The Kier molecular flexibility index (Phi) is 3.37. The van der Waals surface area contributed by atoms with Gasteiger partial charge in [0.2, 0.25) is 0 Å². The Morgan fingerprint density at radius 1 is 1.40 bits per heavy atom. The van der Waals surface area contributed by atoms with Gasteiger partial charge >= 0.3 is 0 Å². The van der Waals surface area contributed by atoms with E-state index in [-0.39, 0.29) is 0 Å². The zero-order valence-corrected chi connectivity index (χ0v) is 8.69. The predicted octanol–water partition coefficient (Wildman–Crippen LogP) is 4.35. The maximum atomic E-state index is 5.77. The van der Waals surface area contributed by atoms with Crippen molar-refractivity contribution in [2.24, 2.45) is 0 Å². The molecule has 0 radical (unpaired) electrons. The third-order valence-corrected chi connectivity index (χ3v) is 3.18. The Labute approximate surface area is 81.5 Å². The van der Waals surface area contributed by atoms with Crippen LogP contribution in [-0.4, -0.2) is 0 Å². The number of hydrogen-bond acceptors (Lipinski definition) is 1. The van der Waals surface area contributed by atoms with Gasteiger partial charge in [-0.2, -0.15) is 0 Å². The molecule has 0 bridgehead atoms. The molecule has 0 unspecified atom stereocenters. The molecule has 0 fully saturated rings. The van der Waals surface area contributed by atoms with E-state index >= 15 is 0 Å². The van der Waals surface area contributed by atoms with E-state index in [1.165, 1.54) is 0 Å². The molecule has 0 aliphatic heterocycles. The van der Waals surface area contributed by atoms with Gasteiger partial charge in [0.1, 0.15) is 0 Å². The Morgan fingerprint density at radius 2 is 2.10 bits per heavy atom. The van der Waals surface area contributed by atoms with Gasteiger partial charge < -0.3 is 0 Å². The fraction of sp³-hybridized carbons (Fsp3) is 0. The standard InChI is InChI=1S/C6H3BrCl2S/c7-5-2-1-4(10-9)3-6(5)8/h1-3H. The summed E-state index contributed by atoms with van der Waals surface area (Å²) in [7, 11) is 6.65. The monoisotopic (exact) mass is 256 g/mol. The SMILES string of the molecule is ClSc1ccc(Br)c(Cl)c1. The normalized spacial score (nSPS) is 9.90. The molecule has 4 heteroatoms. The lowest BCUT2D eigenvalue weighted by atomic mass is 10.4. The molecule has 0 amide bonds. The van der Waals surface area contributed by atoms with E-state index in [0.717, 1.165) is 20.3 Å². The van der Waals surface area contributed by atoms with Crippen LogP contribution in [0.3, 0.4) is 0 Å². The molecule has 0 aliphatic rings. The van der Waals surface area contributed by atoms with Crippen molar-refractivity contribution in [2.45, 2.75) is 4.90 Å². The summed E-state index contributed by atoms with van der Waals surface area (Å²) in [5.41, 5.74) is 0. The third-order valence-electron chi connectivity index (χ3n) is 0.980. The first kappa shape index (κ1) is 8.72. The van der Waals surface area contributed by atoms with Crippen molar-refractivity contribution in [1.82, 2.24) is 0 Å². The molecule has 0 atom stereocenters. The Bertz CT molecular complexity index is 239. The van der Waals surface area contributed by atoms with Crippen molar-refractivity contribution in [2.75, 3.05) is 0 Å². The van der Waals surface area contributed by atoms with Crippen molar-refractivity contribution in [3.8, 4) is 0 Å². The smallest absolute Gasteiger partial charge is 0.0559 e.